The molecule has 1 N–H and O–H groups in total. The molecule has 86 valence electrons. The van der Waals surface area contributed by atoms with E-state index in [2.05, 4.69) is 35.0 Å². The topological polar surface area (TPSA) is 21.3 Å². The minimum absolute atomic E-state index is 0.790. The number of rotatable bonds is 6. The second kappa shape index (κ2) is 5.99. The van der Waals surface area contributed by atoms with Gasteiger partial charge in [-0.05, 0) is 29.3 Å². The van der Waals surface area contributed by atoms with E-state index in [1.54, 1.807) is 0 Å². The summed E-state index contributed by atoms with van der Waals surface area (Å²) in [6, 6.07) is 8.54. The molecular formula is C13H17NOS. The monoisotopic (exact) mass is 235 g/mol. The van der Waals surface area contributed by atoms with Crippen LogP contribution in [0.1, 0.15) is 12.5 Å². The quantitative estimate of drug-likeness (QED) is 0.777. The van der Waals surface area contributed by atoms with Crippen molar-refractivity contribution in [1.29, 1.82) is 0 Å². The van der Waals surface area contributed by atoms with Gasteiger partial charge in [0.2, 0.25) is 0 Å². The Bertz CT molecular complexity index is 438. The van der Waals surface area contributed by atoms with Crippen molar-refractivity contribution in [1.82, 2.24) is 5.32 Å². The molecule has 0 aliphatic heterocycles. The van der Waals surface area contributed by atoms with E-state index in [1.165, 1.54) is 15.6 Å². The Morgan fingerprint density at radius 2 is 2.19 bits per heavy atom. The van der Waals surface area contributed by atoms with Crippen LogP contribution in [0.15, 0.2) is 29.6 Å². The highest BCUT2D eigenvalue weighted by Gasteiger charge is 2.01. The second-order valence-electron chi connectivity index (χ2n) is 3.63. The maximum Gasteiger partial charge on any atom is 0.0590 e. The van der Waals surface area contributed by atoms with Crippen molar-refractivity contribution in [3.63, 3.8) is 0 Å². The molecular weight excluding hydrogens is 218 g/mol. The third-order valence-electron chi connectivity index (χ3n) is 2.50. The molecule has 0 saturated heterocycles. The van der Waals surface area contributed by atoms with Crippen molar-refractivity contribution in [2.45, 2.75) is 13.5 Å². The predicted octanol–water partition coefficient (Wildman–Crippen LogP) is 3.03. The van der Waals surface area contributed by atoms with Gasteiger partial charge >= 0.3 is 0 Å². The van der Waals surface area contributed by atoms with Gasteiger partial charge in [0.25, 0.3) is 0 Å². The molecule has 0 saturated carbocycles. The normalized spacial score (nSPS) is 11.1. The summed E-state index contributed by atoms with van der Waals surface area (Å²) in [4.78, 5) is 0. The van der Waals surface area contributed by atoms with Gasteiger partial charge in [-0.3, -0.25) is 0 Å². The van der Waals surface area contributed by atoms with Gasteiger partial charge in [-0.15, -0.1) is 11.3 Å². The van der Waals surface area contributed by atoms with Crippen LogP contribution in [-0.2, 0) is 11.3 Å². The average Bonchev–Trinajstić information content (AvgIpc) is 2.73. The lowest BCUT2D eigenvalue weighted by atomic mass is 10.2. The zero-order chi connectivity index (χ0) is 11.2. The van der Waals surface area contributed by atoms with Gasteiger partial charge in [0.05, 0.1) is 6.61 Å². The minimum Gasteiger partial charge on any atom is -0.380 e. The van der Waals surface area contributed by atoms with E-state index in [0.29, 0.717) is 0 Å². The Hall–Kier alpha value is -0.900. The number of ether oxygens (including phenoxy) is 1. The molecule has 0 amide bonds. The van der Waals surface area contributed by atoms with Crippen LogP contribution in [0, 0.1) is 0 Å². The lowest BCUT2D eigenvalue weighted by Gasteiger charge is -2.03. The first-order valence-corrected chi connectivity index (χ1v) is 6.53. The average molecular weight is 235 g/mol. The summed E-state index contributed by atoms with van der Waals surface area (Å²) in [7, 11) is 0. The summed E-state index contributed by atoms with van der Waals surface area (Å²) in [5, 5.41) is 7.00. The standard InChI is InChI=1S/C13H17NOS/c1-2-15-8-7-14-9-11-10-16-13-6-4-3-5-12(11)13/h3-6,10,14H,2,7-9H2,1H3. The fraction of sp³-hybridized carbons (Fsp3) is 0.385. The first-order chi connectivity index (χ1) is 7.92. The summed E-state index contributed by atoms with van der Waals surface area (Å²) in [6.45, 7) is 5.45. The zero-order valence-corrected chi connectivity index (χ0v) is 10.3. The van der Waals surface area contributed by atoms with E-state index in [-0.39, 0.29) is 0 Å². The highest BCUT2D eigenvalue weighted by molar-refractivity contribution is 7.17. The van der Waals surface area contributed by atoms with Gasteiger partial charge in [-0.25, -0.2) is 0 Å². The van der Waals surface area contributed by atoms with Crippen LogP contribution >= 0.6 is 11.3 Å². The van der Waals surface area contributed by atoms with Crippen molar-refractivity contribution in [2.24, 2.45) is 0 Å². The van der Waals surface area contributed by atoms with Crippen molar-refractivity contribution >= 4 is 21.4 Å². The smallest absolute Gasteiger partial charge is 0.0590 e. The van der Waals surface area contributed by atoms with E-state index >= 15 is 0 Å². The van der Waals surface area contributed by atoms with Gasteiger partial charge in [0.1, 0.15) is 0 Å². The van der Waals surface area contributed by atoms with Gasteiger partial charge < -0.3 is 10.1 Å². The molecule has 0 radical (unpaired) electrons. The van der Waals surface area contributed by atoms with Gasteiger partial charge in [-0.1, -0.05) is 18.2 Å². The Morgan fingerprint density at radius 1 is 1.31 bits per heavy atom. The van der Waals surface area contributed by atoms with E-state index in [1.807, 2.05) is 18.3 Å². The number of fused-ring (bicyclic) bond motifs is 1. The van der Waals surface area contributed by atoms with E-state index < -0.39 is 0 Å². The molecule has 1 heterocycles. The predicted molar refractivity (Wildman–Crippen MR) is 70.0 cm³/mol. The molecule has 2 aromatic rings. The van der Waals surface area contributed by atoms with Crippen molar-refractivity contribution in [2.75, 3.05) is 19.8 Å². The van der Waals surface area contributed by atoms with Crippen LogP contribution < -0.4 is 5.32 Å². The van der Waals surface area contributed by atoms with Crippen LogP contribution in [0.25, 0.3) is 10.1 Å². The van der Waals surface area contributed by atoms with Gasteiger partial charge in [-0.2, -0.15) is 0 Å². The molecule has 2 nitrogen and oxygen atoms in total. The Morgan fingerprint density at radius 3 is 3.06 bits per heavy atom. The zero-order valence-electron chi connectivity index (χ0n) is 9.53. The molecule has 2 rings (SSSR count). The number of thiophene rings is 1. The van der Waals surface area contributed by atoms with Crippen LogP contribution in [-0.4, -0.2) is 19.8 Å². The maximum atomic E-state index is 5.28. The summed E-state index contributed by atoms with van der Waals surface area (Å²) >= 11 is 1.81. The molecule has 0 bridgehead atoms. The van der Waals surface area contributed by atoms with E-state index in [9.17, 15) is 0 Å². The molecule has 1 aromatic carbocycles. The fourth-order valence-electron chi connectivity index (χ4n) is 1.68. The van der Waals surface area contributed by atoms with Crippen molar-refractivity contribution < 1.29 is 4.74 Å². The minimum atomic E-state index is 0.790. The first-order valence-electron chi connectivity index (χ1n) is 5.65. The number of benzene rings is 1. The highest BCUT2D eigenvalue weighted by atomic mass is 32.1. The van der Waals surface area contributed by atoms with Crippen molar-refractivity contribution in [3.8, 4) is 0 Å². The van der Waals surface area contributed by atoms with E-state index in [0.717, 1.165) is 26.3 Å². The van der Waals surface area contributed by atoms with Crippen LogP contribution in [0.5, 0.6) is 0 Å². The first kappa shape index (κ1) is 11.6. The molecule has 3 heteroatoms. The molecule has 0 aliphatic carbocycles. The van der Waals surface area contributed by atoms with Crippen LogP contribution in [0.3, 0.4) is 0 Å². The van der Waals surface area contributed by atoms with Crippen LogP contribution in [0.4, 0.5) is 0 Å². The van der Waals surface area contributed by atoms with Gasteiger partial charge in [0.15, 0.2) is 0 Å². The summed E-state index contributed by atoms with van der Waals surface area (Å²) < 4.78 is 6.65. The highest BCUT2D eigenvalue weighted by Crippen LogP contribution is 2.25. The second-order valence-corrected chi connectivity index (χ2v) is 4.54. The molecule has 0 fully saturated rings. The summed E-state index contributed by atoms with van der Waals surface area (Å²) in [5.41, 5.74) is 1.39. The number of hydrogen-bond donors (Lipinski definition) is 1. The van der Waals surface area contributed by atoms with Crippen LogP contribution in [0.2, 0.25) is 0 Å². The molecule has 16 heavy (non-hydrogen) atoms. The molecule has 1 aromatic heterocycles. The number of hydrogen-bond acceptors (Lipinski definition) is 3. The third-order valence-corrected chi connectivity index (χ3v) is 3.52. The molecule has 0 aliphatic rings. The largest absolute Gasteiger partial charge is 0.380 e. The number of nitrogens with one attached hydrogen (secondary N) is 1. The third kappa shape index (κ3) is 2.82. The molecule has 0 unspecified atom stereocenters. The summed E-state index contributed by atoms with van der Waals surface area (Å²) in [5.74, 6) is 0. The van der Waals surface area contributed by atoms with E-state index in [4.69, 9.17) is 4.74 Å². The Kier molecular flexibility index (Phi) is 4.34. The lowest BCUT2D eigenvalue weighted by Crippen LogP contribution is -2.18. The van der Waals surface area contributed by atoms with Gasteiger partial charge in [0, 0.05) is 24.4 Å². The molecule has 0 spiro atoms. The maximum absolute atomic E-state index is 5.28. The lowest BCUT2D eigenvalue weighted by molar-refractivity contribution is 0.149. The van der Waals surface area contributed by atoms with Crippen molar-refractivity contribution in [3.05, 3.63) is 35.2 Å². The Labute approximate surface area is 100 Å². The SMILES string of the molecule is CCOCCNCc1csc2ccccc12. The summed E-state index contributed by atoms with van der Waals surface area (Å²) in [6.07, 6.45) is 0. The fourth-order valence-corrected chi connectivity index (χ4v) is 2.64. The molecule has 0 atom stereocenters. The Balaban J connectivity index is 1.89.